The Hall–Kier alpha value is -1.79. The van der Waals surface area contributed by atoms with Gasteiger partial charge in [0, 0.05) is 11.3 Å². The minimum absolute atomic E-state index is 0.0631. The van der Waals surface area contributed by atoms with E-state index in [0.29, 0.717) is 5.69 Å². The minimum atomic E-state index is -4.52. The summed E-state index contributed by atoms with van der Waals surface area (Å²) in [6, 6.07) is 0. The van der Waals surface area contributed by atoms with Crippen molar-refractivity contribution in [1.82, 2.24) is 10.2 Å². The van der Waals surface area contributed by atoms with Crippen LogP contribution in [0.15, 0.2) is 6.08 Å². The Balaban J connectivity index is 2.81. The van der Waals surface area contributed by atoms with Crippen molar-refractivity contribution in [2.24, 2.45) is 0 Å². The number of rotatable bonds is 4. The first-order valence-electron chi connectivity index (χ1n) is 5.30. The number of hydrogen-bond acceptors (Lipinski definition) is 3. The first-order chi connectivity index (χ1) is 8.36. The summed E-state index contributed by atoms with van der Waals surface area (Å²) in [4.78, 5) is 11.0. The molecule has 0 atom stereocenters. The zero-order valence-corrected chi connectivity index (χ0v) is 9.97. The number of halogens is 3. The molecule has 0 fully saturated rings. The molecule has 1 heterocycles. The van der Waals surface area contributed by atoms with Gasteiger partial charge in [0.1, 0.15) is 0 Å². The first-order valence-corrected chi connectivity index (χ1v) is 5.30. The van der Waals surface area contributed by atoms with Crippen LogP contribution < -0.4 is 0 Å². The maximum absolute atomic E-state index is 12.6. The van der Waals surface area contributed by atoms with E-state index in [4.69, 9.17) is 0 Å². The second-order valence-corrected chi connectivity index (χ2v) is 3.52. The second-order valence-electron chi connectivity index (χ2n) is 3.52. The van der Waals surface area contributed by atoms with E-state index in [1.807, 2.05) is 0 Å². The third-order valence-corrected chi connectivity index (χ3v) is 2.14. The van der Waals surface area contributed by atoms with Gasteiger partial charge in [0.15, 0.2) is 5.69 Å². The molecule has 0 spiro atoms. The molecule has 4 nitrogen and oxygen atoms in total. The SMILES string of the molecule is CCOC(=O)CC=Cc1c(C(F)(F)F)n[nH]c1C. The highest BCUT2D eigenvalue weighted by molar-refractivity contribution is 5.73. The lowest BCUT2D eigenvalue weighted by atomic mass is 10.1. The molecule has 18 heavy (non-hydrogen) atoms. The molecular weight excluding hydrogens is 249 g/mol. The summed E-state index contributed by atoms with van der Waals surface area (Å²) in [7, 11) is 0. The summed E-state index contributed by atoms with van der Waals surface area (Å²) >= 11 is 0. The van der Waals surface area contributed by atoms with Crippen LogP contribution in [0.2, 0.25) is 0 Å². The Kier molecular flexibility index (Phi) is 4.52. The van der Waals surface area contributed by atoms with Crippen molar-refractivity contribution >= 4 is 12.0 Å². The Morgan fingerprint density at radius 1 is 1.50 bits per heavy atom. The molecule has 1 rings (SSSR count). The van der Waals surface area contributed by atoms with E-state index in [1.54, 1.807) is 6.92 Å². The highest BCUT2D eigenvalue weighted by Crippen LogP contribution is 2.32. The number of ether oxygens (including phenoxy) is 1. The Bertz CT molecular complexity index is 450. The zero-order valence-electron chi connectivity index (χ0n) is 9.97. The fourth-order valence-corrected chi connectivity index (χ4v) is 1.35. The van der Waals surface area contributed by atoms with E-state index >= 15 is 0 Å². The van der Waals surface area contributed by atoms with Gasteiger partial charge in [0.2, 0.25) is 0 Å². The van der Waals surface area contributed by atoms with E-state index in [2.05, 4.69) is 14.9 Å². The number of esters is 1. The van der Waals surface area contributed by atoms with Crippen molar-refractivity contribution in [2.45, 2.75) is 26.4 Å². The molecule has 0 aliphatic carbocycles. The molecule has 7 heteroatoms. The summed E-state index contributed by atoms with van der Waals surface area (Å²) in [5.74, 6) is -0.483. The van der Waals surface area contributed by atoms with E-state index < -0.39 is 17.8 Å². The van der Waals surface area contributed by atoms with Gasteiger partial charge in [-0.3, -0.25) is 9.89 Å². The molecule has 0 aliphatic heterocycles. The summed E-state index contributed by atoms with van der Waals surface area (Å²) in [6.07, 6.45) is -2.05. The number of nitrogens with zero attached hydrogens (tertiary/aromatic N) is 1. The largest absolute Gasteiger partial charge is 0.466 e. The van der Waals surface area contributed by atoms with Crippen LogP contribution in [0.25, 0.3) is 6.08 Å². The van der Waals surface area contributed by atoms with Gasteiger partial charge in [0.25, 0.3) is 0 Å². The summed E-state index contributed by atoms with van der Waals surface area (Å²) in [6.45, 7) is 3.38. The van der Waals surface area contributed by atoms with E-state index in [0.717, 1.165) is 0 Å². The highest BCUT2D eigenvalue weighted by atomic mass is 19.4. The fraction of sp³-hybridized carbons (Fsp3) is 0.455. The van der Waals surface area contributed by atoms with Crippen molar-refractivity contribution in [3.05, 3.63) is 23.0 Å². The van der Waals surface area contributed by atoms with Gasteiger partial charge in [-0.25, -0.2) is 0 Å². The molecule has 0 amide bonds. The number of alkyl halides is 3. The molecule has 0 radical (unpaired) electrons. The van der Waals surface area contributed by atoms with Gasteiger partial charge in [-0.2, -0.15) is 18.3 Å². The molecule has 0 aliphatic rings. The maximum Gasteiger partial charge on any atom is 0.435 e. The molecule has 1 N–H and O–H groups in total. The van der Waals surface area contributed by atoms with Crippen LogP contribution in [0.5, 0.6) is 0 Å². The smallest absolute Gasteiger partial charge is 0.435 e. The molecule has 0 saturated carbocycles. The predicted octanol–water partition coefficient (Wildman–Crippen LogP) is 2.70. The summed E-state index contributed by atoms with van der Waals surface area (Å²) < 4.78 is 42.3. The first kappa shape index (κ1) is 14.3. The lowest BCUT2D eigenvalue weighted by molar-refractivity contribution is -0.142. The van der Waals surface area contributed by atoms with Gasteiger partial charge in [0.05, 0.1) is 13.0 Å². The van der Waals surface area contributed by atoms with E-state index in [9.17, 15) is 18.0 Å². The van der Waals surface area contributed by atoms with Crippen molar-refractivity contribution < 1.29 is 22.7 Å². The lowest BCUT2D eigenvalue weighted by Gasteiger charge is -2.03. The average Bonchev–Trinajstić information content (AvgIpc) is 2.60. The second kappa shape index (κ2) is 5.70. The van der Waals surface area contributed by atoms with Gasteiger partial charge in [-0.15, -0.1) is 0 Å². The molecule has 1 aromatic rings. The number of nitrogens with one attached hydrogen (secondary N) is 1. The third kappa shape index (κ3) is 3.61. The number of hydrogen-bond donors (Lipinski definition) is 1. The Morgan fingerprint density at radius 2 is 2.17 bits per heavy atom. The molecule has 100 valence electrons. The van der Waals surface area contributed by atoms with Crippen molar-refractivity contribution in [3.8, 4) is 0 Å². The number of H-pyrrole nitrogens is 1. The molecular formula is C11H13F3N2O2. The van der Waals surface area contributed by atoms with Gasteiger partial charge in [-0.05, 0) is 13.8 Å². The zero-order chi connectivity index (χ0) is 13.8. The monoisotopic (exact) mass is 262 g/mol. The van der Waals surface area contributed by atoms with Crippen molar-refractivity contribution in [2.75, 3.05) is 6.61 Å². The number of aromatic amines is 1. The van der Waals surface area contributed by atoms with Crippen LogP contribution in [0.3, 0.4) is 0 Å². The van der Waals surface area contributed by atoms with Crippen molar-refractivity contribution in [3.63, 3.8) is 0 Å². The average molecular weight is 262 g/mol. The quantitative estimate of drug-likeness (QED) is 0.849. The van der Waals surface area contributed by atoms with E-state index in [-0.39, 0.29) is 18.6 Å². The van der Waals surface area contributed by atoms with Gasteiger partial charge in [-0.1, -0.05) is 12.2 Å². The topological polar surface area (TPSA) is 55.0 Å². The van der Waals surface area contributed by atoms with Gasteiger partial charge < -0.3 is 4.74 Å². The highest BCUT2D eigenvalue weighted by Gasteiger charge is 2.36. The van der Waals surface area contributed by atoms with Crippen LogP contribution in [0, 0.1) is 6.92 Å². The molecule has 0 unspecified atom stereocenters. The Labute approximate surface area is 102 Å². The van der Waals surface area contributed by atoms with Crippen LogP contribution in [-0.4, -0.2) is 22.8 Å². The van der Waals surface area contributed by atoms with Crippen LogP contribution in [-0.2, 0) is 15.7 Å². The van der Waals surface area contributed by atoms with Crippen LogP contribution >= 0.6 is 0 Å². The molecule has 0 bridgehead atoms. The lowest BCUT2D eigenvalue weighted by Crippen LogP contribution is -2.07. The van der Waals surface area contributed by atoms with Crippen LogP contribution in [0.4, 0.5) is 13.2 Å². The Morgan fingerprint density at radius 3 is 2.72 bits per heavy atom. The standard InChI is InChI=1S/C11H13F3N2O2/c1-3-18-9(17)6-4-5-8-7(2)15-16-10(8)11(12,13)14/h4-5H,3,6H2,1-2H3,(H,15,16). The summed E-state index contributed by atoms with van der Waals surface area (Å²) in [5, 5.41) is 5.47. The molecule has 1 aromatic heterocycles. The number of carbonyl (C=O) groups is 1. The maximum atomic E-state index is 12.6. The van der Waals surface area contributed by atoms with E-state index in [1.165, 1.54) is 19.1 Å². The molecule has 0 aromatic carbocycles. The normalized spacial score (nSPS) is 12.1. The van der Waals surface area contributed by atoms with Crippen molar-refractivity contribution in [1.29, 1.82) is 0 Å². The molecule has 0 saturated heterocycles. The number of aryl methyl sites for hydroxylation is 1. The predicted molar refractivity (Wildman–Crippen MR) is 58.6 cm³/mol. The van der Waals surface area contributed by atoms with Gasteiger partial charge >= 0.3 is 12.1 Å². The third-order valence-electron chi connectivity index (χ3n) is 2.14. The number of carbonyl (C=O) groups excluding carboxylic acids is 1. The summed E-state index contributed by atoms with van der Waals surface area (Å²) in [5.41, 5.74) is -0.755. The van der Waals surface area contributed by atoms with Crippen LogP contribution in [0.1, 0.15) is 30.3 Å². The number of aromatic nitrogens is 2. The fourth-order valence-electron chi connectivity index (χ4n) is 1.35. The minimum Gasteiger partial charge on any atom is -0.466 e.